The van der Waals surface area contributed by atoms with E-state index in [1.807, 2.05) is 25.1 Å². The average Bonchev–Trinajstić information content (AvgIpc) is 3.26. The van der Waals surface area contributed by atoms with Crippen molar-refractivity contribution in [3.8, 4) is 11.8 Å². The highest BCUT2D eigenvalue weighted by Gasteiger charge is 2.29. The van der Waals surface area contributed by atoms with E-state index in [0.29, 0.717) is 23.4 Å². The molecule has 0 bridgehead atoms. The van der Waals surface area contributed by atoms with Gasteiger partial charge in [-0.25, -0.2) is 0 Å². The molecule has 0 aromatic heterocycles. The zero-order chi connectivity index (χ0) is 26.5. The smallest absolute Gasteiger partial charge is 0.296 e. The Morgan fingerprint density at radius 3 is 2.55 bits per heavy atom. The number of piperazine rings is 1. The summed E-state index contributed by atoms with van der Waals surface area (Å²) in [7, 11) is 2.16. The summed E-state index contributed by atoms with van der Waals surface area (Å²) in [5.41, 5.74) is 6.69. The zero-order valence-corrected chi connectivity index (χ0v) is 21.9. The lowest BCUT2D eigenvalue weighted by atomic mass is 9.96. The number of rotatable bonds is 5. The molecule has 2 amide bonds. The molecule has 2 aliphatic heterocycles. The van der Waals surface area contributed by atoms with Gasteiger partial charge in [0, 0.05) is 61.1 Å². The summed E-state index contributed by atoms with van der Waals surface area (Å²) < 4.78 is 0. The molecule has 7 nitrogen and oxygen atoms in total. The van der Waals surface area contributed by atoms with Crippen molar-refractivity contribution >= 4 is 34.4 Å². The molecule has 3 aliphatic rings. The maximum absolute atomic E-state index is 13.3. The van der Waals surface area contributed by atoms with Crippen LogP contribution >= 0.6 is 0 Å². The Bertz CT molecular complexity index is 1380. The third kappa shape index (κ3) is 5.66. The molecule has 0 atom stereocenters. The second kappa shape index (κ2) is 11.4. The minimum atomic E-state index is -0.321. The summed E-state index contributed by atoms with van der Waals surface area (Å²) in [6.07, 6.45) is 8.31. The van der Waals surface area contributed by atoms with Gasteiger partial charge >= 0.3 is 0 Å². The molecule has 0 spiro atoms. The summed E-state index contributed by atoms with van der Waals surface area (Å²) >= 11 is 0. The van der Waals surface area contributed by atoms with Gasteiger partial charge in [0.2, 0.25) is 0 Å². The van der Waals surface area contributed by atoms with Crippen molar-refractivity contribution in [1.82, 2.24) is 10.2 Å². The summed E-state index contributed by atoms with van der Waals surface area (Å²) in [5, 5.41) is 9.22. The fourth-order valence-electron chi connectivity index (χ4n) is 4.87. The molecule has 2 heterocycles. The lowest BCUT2D eigenvalue weighted by Gasteiger charge is -2.34. The van der Waals surface area contributed by atoms with Gasteiger partial charge in [0.05, 0.1) is 17.0 Å². The molecule has 7 heteroatoms. The Labute approximate surface area is 224 Å². The van der Waals surface area contributed by atoms with E-state index in [0.717, 1.165) is 61.5 Å². The zero-order valence-electron chi connectivity index (χ0n) is 21.9. The van der Waals surface area contributed by atoms with Gasteiger partial charge < -0.3 is 25.8 Å². The number of anilines is 3. The Hall–Kier alpha value is -4.28. The monoisotopic (exact) mass is 507 g/mol. The van der Waals surface area contributed by atoms with Crippen molar-refractivity contribution in [1.29, 1.82) is 0 Å². The van der Waals surface area contributed by atoms with Gasteiger partial charge in [0.15, 0.2) is 0 Å². The number of likely N-dealkylation sites (N-methyl/N-ethyl adjacent to an activating group) is 1. The maximum atomic E-state index is 13.3. The van der Waals surface area contributed by atoms with Crippen LogP contribution in [0.1, 0.15) is 30.9 Å². The van der Waals surface area contributed by atoms with Crippen molar-refractivity contribution in [2.24, 2.45) is 0 Å². The first-order chi connectivity index (χ1) is 18.5. The Kier molecular flexibility index (Phi) is 7.62. The lowest BCUT2D eigenvalue weighted by Crippen LogP contribution is -2.44. The van der Waals surface area contributed by atoms with Gasteiger partial charge in [0.25, 0.3) is 11.8 Å². The van der Waals surface area contributed by atoms with E-state index in [2.05, 4.69) is 87.1 Å². The highest BCUT2D eigenvalue weighted by molar-refractivity contribution is 6.33. The fourth-order valence-corrected chi connectivity index (χ4v) is 4.87. The molecule has 1 saturated heterocycles. The van der Waals surface area contributed by atoms with Gasteiger partial charge in [-0.05, 0) is 68.8 Å². The highest BCUT2D eigenvalue weighted by Crippen LogP contribution is 2.38. The molecule has 1 fully saturated rings. The molecule has 2 aromatic carbocycles. The van der Waals surface area contributed by atoms with Crippen LogP contribution in [0.2, 0.25) is 0 Å². The average molecular weight is 508 g/mol. The molecule has 2 aromatic rings. The van der Waals surface area contributed by atoms with Gasteiger partial charge in [-0.2, -0.15) is 0 Å². The predicted molar refractivity (Wildman–Crippen MR) is 154 cm³/mol. The fraction of sp³-hybridized carbons (Fsp3) is 0.290. The number of nitrogens with zero attached hydrogens (tertiary/aromatic N) is 2. The van der Waals surface area contributed by atoms with Gasteiger partial charge in [-0.1, -0.05) is 30.2 Å². The number of hydrogen-bond acceptors (Lipinski definition) is 5. The van der Waals surface area contributed by atoms with E-state index in [-0.39, 0.29) is 11.8 Å². The first-order valence-corrected chi connectivity index (χ1v) is 13.2. The number of amides is 2. The largest absolute Gasteiger partial charge is 0.369 e. The third-order valence-corrected chi connectivity index (χ3v) is 6.96. The van der Waals surface area contributed by atoms with E-state index in [1.165, 1.54) is 5.69 Å². The number of benzene rings is 2. The molecule has 38 heavy (non-hydrogen) atoms. The van der Waals surface area contributed by atoms with E-state index in [9.17, 15) is 9.59 Å². The first kappa shape index (κ1) is 25.4. The predicted octanol–water partition coefficient (Wildman–Crippen LogP) is 3.98. The van der Waals surface area contributed by atoms with E-state index < -0.39 is 0 Å². The summed E-state index contributed by atoms with van der Waals surface area (Å²) in [6.45, 7) is 6.53. The Morgan fingerprint density at radius 1 is 1.05 bits per heavy atom. The SMILES string of the molecule is CCNC(=O)C#Cc1ccc2c(c1)NC(=O)/C2=C(\Nc1ccc(N2CCN(C)CC2)cc1)C1=CCCC=C1. The number of carbonyl (C=O) groups excluding carboxylic acids is 2. The van der Waals surface area contributed by atoms with E-state index >= 15 is 0 Å². The molecule has 0 unspecified atom stereocenters. The normalized spacial score (nSPS) is 18.1. The van der Waals surface area contributed by atoms with E-state index in [4.69, 9.17) is 0 Å². The number of carbonyl (C=O) groups is 2. The standard InChI is InChI=1S/C31H33N5O2/c1-3-32-28(37)16-10-22-9-15-26-27(21-22)34-31(38)29(26)30(23-7-5-4-6-8-23)33-24-11-13-25(14-12-24)36-19-17-35(2)18-20-36/h5,7-9,11-15,21,33H,3-4,6,17-20H2,1-2H3,(H,32,37)(H,34,38)/b30-29-. The molecule has 0 radical (unpaired) electrons. The lowest BCUT2D eigenvalue weighted by molar-refractivity contribution is -0.115. The van der Waals surface area contributed by atoms with Crippen LogP contribution in [0.5, 0.6) is 0 Å². The Morgan fingerprint density at radius 2 is 1.84 bits per heavy atom. The van der Waals surface area contributed by atoms with Crippen molar-refractivity contribution in [3.05, 3.63) is 83.1 Å². The van der Waals surface area contributed by atoms with Gasteiger partial charge in [-0.15, -0.1) is 0 Å². The Balaban J connectivity index is 1.46. The van der Waals surface area contributed by atoms with Crippen LogP contribution < -0.4 is 20.9 Å². The third-order valence-electron chi connectivity index (χ3n) is 6.96. The summed E-state index contributed by atoms with van der Waals surface area (Å²) in [4.78, 5) is 29.8. The molecule has 5 rings (SSSR count). The molecule has 1 aliphatic carbocycles. The topological polar surface area (TPSA) is 76.7 Å². The van der Waals surface area contributed by atoms with Crippen molar-refractivity contribution in [3.63, 3.8) is 0 Å². The van der Waals surface area contributed by atoms with Crippen LogP contribution in [0.25, 0.3) is 5.57 Å². The van der Waals surface area contributed by atoms with Crippen molar-refractivity contribution in [2.45, 2.75) is 19.8 Å². The number of hydrogen-bond donors (Lipinski definition) is 3. The maximum Gasteiger partial charge on any atom is 0.296 e. The van der Waals surface area contributed by atoms with Crippen LogP contribution in [0.15, 0.2) is 72.0 Å². The minimum absolute atomic E-state index is 0.162. The van der Waals surface area contributed by atoms with Gasteiger partial charge in [0.1, 0.15) is 0 Å². The van der Waals surface area contributed by atoms with Crippen molar-refractivity contribution < 1.29 is 9.59 Å². The minimum Gasteiger partial charge on any atom is -0.369 e. The van der Waals surface area contributed by atoms with Crippen LogP contribution in [0, 0.1) is 11.8 Å². The molecule has 3 N–H and O–H groups in total. The molecule has 194 valence electrons. The molecular weight excluding hydrogens is 474 g/mol. The molecule has 0 saturated carbocycles. The van der Waals surface area contributed by atoms with Crippen LogP contribution in [-0.4, -0.2) is 56.5 Å². The molecular formula is C31H33N5O2. The number of nitrogens with one attached hydrogen (secondary N) is 3. The number of fused-ring (bicyclic) bond motifs is 1. The van der Waals surface area contributed by atoms with Crippen LogP contribution in [0.4, 0.5) is 17.1 Å². The summed E-state index contributed by atoms with van der Waals surface area (Å²) in [5.74, 6) is 4.99. The van der Waals surface area contributed by atoms with Crippen LogP contribution in [0.3, 0.4) is 0 Å². The summed E-state index contributed by atoms with van der Waals surface area (Å²) in [6, 6.07) is 14.0. The van der Waals surface area contributed by atoms with Gasteiger partial charge in [-0.3, -0.25) is 9.59 Å². The quantitative estimate of drug-likeness (QED) is 0.422. The first-order valence-electron chi connectivity index (χ1n) is 13.2. The van der Waals surface area contributed by atoms with Crippen LogP contribution in [-0.2, 0) is 9.59 Å². The highest BCUT2D eigenvalue weighted by atomic mass is 16.2. The second-order valence-corrected chi connectivity index (χ2v) is 9.68. The van der Waals surface area contributed by atoms with Crippen molar-refractivity contribution in [2.75, 3.05) is 55.3 Å². The van der Waals surface area contributed by atoms with E-state index in [1.54, 1.807) is 0 Å². The second-order valence-electron chi connectivity index (χ2n) is 9.68. The number of allylic oxidation sites excluding steroid dienone is 3.